The number of ether oxygens (including phenoxy) is 2. The lowest BCUT2D eigenvalue weighted by molar-refractivity contribution is -0.119. The number of benzene rings is 2. The fourth-order valence-electron chi connectivity index (χ4n) is 3.55. The molecule has 2 aromatic rings. The van der Waals surface area contributed by atoms with Gasteiger partial charge in [-0.2, -0.15) is 12.6 Å². The molecular formula is C22H28N2O5S2. The van der Waals surface area contributed by atoms with Crippen molar-refractivity contribution in [2.45, 2.75) is 29.0 Å². The van der Waals surface area contributed by atoms with Crippen LogP contribution in [0.3, 0.4) is 0 Å². The Hall–Kier alpha value is -2.07. The van der Waals surface area contributed by atoms with Crippen molar-refractivity contribution in [2.75, 3.05) is 32.1 Å². The second-order valence-electron chi connectivity index (χ2n) is 7.45. The van der Waals surface area contributed by atoms with Crippen LogP contribution in [-0.2, 0) is 19.4 Å². The third-order valence-electron chi connectivity index (χ3n) is 5.21. The van der Waals surface area contributed by atoms with Crippen molar-refractivity contribution in [2.24, 2.45) is 5.73 Å². The van der Waals surface area contributed by atoms with Crippen molar-refractivity contribution in [1.82, 2.24) is 4.90 Å². The summed E-state index contributed by atoms with van der Waals surface area (Å²) in [7, 11) is -3.50. The van der Waals surface area contributed by atoms with E-state index in [1.807, 2.05) is 30.3 Å². The number of rotatable bonds is 10. The number of morpholine rings is 1. The molecule has 0 bridgehead atoms. The summed E-state index contributed by atoms with van der Waals surface area (Å²) in [6.07, 6.45) is 0.447. The van der Waals surface area contributed by atoms with Crippen LogP contribution in [-0.4, -0.2) is 62.6 Å². The lowest BCUT2D eigenvalue weighted by Gasteiger charge is -2.37. The summed E-state index contributed by atoms with van der Waals surface area (Å²) in [5, 5.41) is -0.305. The van der Waals surface area contributed by atoms with Gasteiger partial charge in [0.25, 0.3) is 0 Å². The highest BCUT2D eigenvalue weighted by atomic mass is 32.2. The van der Waals surface area contributed by atoms with Crippen LogP contribution >= 0.6 is 12.6 Å². The maximum Gasteiger partial charge on any atom is 0.219 e. The van der Waals surface area contributed by atoms with Crippen molar-refractivity contribution in [3.05, 3.63) is 54.6 Å². The van der Waals surface area contributed by atoms with Crippen LogP contribution in [0.25, 0.3) is 0 Å². The predicted octanol–water partition coefficient (Wildman–Crippen LogP) is 2.52. The molecule has 2 unspecified atom stereocenters. The van der Waals surface area contributed by atoms with Crippen molar-refractivity contribution in [1.29, 1.82) is 0 Å². The third-order valence-corrected chi connectivity index (χ3v) is 7.58. The van der Waals surface area contributed by atoms with Gasteiger partial charge in [0.05, 0.1) is 23.9 Å². The van der Waals surface area contributed by atoms with Gasteiger partial charge in [-0.1, -0.05) is 18.2 Å². The molecule has 2 atom stereocenters. The largest absolute Gasteiger partial charge is 0.457 e. The zero-order valence-corrected chi connectivity index (χ0v) is 18.9. The number of hydrogen-bond acceptors (Lipinski definition) is 7. The number of primary amides is 1. The number of carbonyl (C=O) groups is 1. The Morgan fingerprint density at radius 1 is 1.06 bits per heavy atom. The third kappa shape index (κ3) is 6.96. The first-order valence-electron chi connectivity index (χ1n) is 10.2. The second kappa shape index (κ2) is 11.0. The molecular weight excluding hydrogens is 436 g/mol. The van der Waals surface area contributed by atoms with Gasteiger partial charge in [-0.05, 0) is 42.8 Å². The Morgan fingerprint density at radius 2 is 1.68 bits per heavy atom. The first-order valence-corrected chi connectivity index (χ1v) is 12.4. The van der Waals surface area contributed by atoms with Crippen LogP contribution < -0.4 is 10.5 Å². The van der Waals surface area contributed by atoms with Crippen LogP contribution in [0.5, 0.6) is 11.5 Å². The SMILES string of the molecule is NC(=O)CC(C(S)CCS(=O)(=O)c1ccc(Oc2ccccc2)cc1)N1CCOCC1. The molecule has 0 radical (unpaired) electrons. The van der Waals surface area contributed by atoms with E-state index in [1.54, 1.807) is 24.3 Å². The summed E-state index contributed by atoms with van der Waals surface area (Å²) in [5.41, 5.74) is 5.42. The molecule has 1 saturated heterocycles. The lowest BCUT2D eigenvalue weighted by atomic mass is 10.0. The van der Waals surface area contributed by atoms with E-state index in [9.17, 15) is 13.2 Å². The van der Waals surface area contributed by atoms with Gasteiger partial charge >= 0.3 is 0 Å². The highest BCUT2D eigenvalue weighted by Gasteiger charge is 2.29. The van der Waals surface area contributed by atoms with Gasteiger partial charge in [-0.25, -0.2) is 8.42 Å². The molecule has 1 aliphatic heterocycles. The highest BCUT2D eigenvalue weighted by molar-refractivity contribution is 7.91. The number of sulfone groups is 1. The maximum absolute atomic E-state index is 12.8. The van der Waals surface area contributed by atoms with Gasteiger partial charge in [0.15, 0.2) is 9.84 Å². The van der Waals surface area contributed by atoms with Crippen LogP contribution in [0.4, 0.5) is 0 Å². The maximum atomic E-state index is 12.8. The molecule has 0 aromatic heterocycles. The first-order chi connectivity index (χ1) is 14.8. The Labute approximate surface area is 188 Å². The summed E-state index contributed by atoms with van der Waals surface area (Å²) < 4.78 is 36.7. The van der Waals surface area contributed by atoms with Crippen LogP contribution in [0.1, 0.15) is 12.8 Å². The minimum absolute atomic E-state index is 0.0698. The minimum Gasteiger partial charge on any atom is -0.457 e. The molecule has 3 rings (SSSR count). The molecule has 1 aliphatic rings. The van der Waals surface area contributed by atoms with Gasteiger partial charge < -0.3 is 15.2 Å². The molecule has 168 valence electrons. The van der Waals surface area contributed by atoms with Gasteiger partial charge in [0.1, 0.15) is 11.5 Å². The van der Waals surface area contributed by atoms with E-state index in [1.165, 1.54) is 0 Å². The number of nitrogens with zero attached hydrogens (tertiary/aromatic N) is 1. The first kappa shape index (κ1) is 23.6. The normalized spacial score (nSPS) is 17.1. The minimum atomic E-state index is -3.50. The van der Waals surface area contributed by atoms with Crippen molar-refractivity contribution in [3.63, 3.8) is 0 Å². The van der Waals surface area contributed by atoms with E-state index in [4.69, 9.17) is 15.2 Å². The summed E-state index contributed by atoms with van der Waals surface area (Å²) in [5.74, 6) is 0.748. The summed E-state index contributed by atoms with van der Waals surface area (Å²) in [4.78, 5) is 13.9. The second-order valence-corrected chi connectivity index (χ2v) is 10.2. The van der Waals surface area contributed by atoms with E-state index < -0.39 is 15.7 Å². The topological polar surface area (TPSA) is 98.9 Å². The Kier molecular flexibility index (Phi) is 8.36. The van der Waals surface area contributed by atoms with Crippen molar-refractivity contribution >= 4 is 28.4 Å². The molecule has 9 heteroatoms. The van der Waals surface area contributed by atoms with Gasteiger partial charge in [0, 0.05) is 30.8 Å². The van der Waals surface area contributed by atoms with E-state index in [2.05, 4.69) is 17.5 Å². The number of amides is 1. The van der Waals surface area contributed by atoms with E-state index in [0.29, 0.717) is 44.2 Å². The Balaban J connectivity index is 1.61. The van der Waals surface area contributed by atoms with E-state index in [-0.39, 0.29) is 28.4 Å². The smallest absolute Gasteiger partial charge is 0.219 e. The van der Waals surface area contributed by atoms with Gasteiger partial charge in [0.2, 0.25) is 5.91 Å². The lowest BCUT2D eigenvalue weighted by Crippen LogP contribution is -2.49. The summed E-state index contributed by atoms with van der Waals surface area (Å²) >= 11 is 4.63. The fourth-order valence-corrected chi connectivity index (χ4v) is 5.50. The molecule has 0 aliphatic carbocycles. The molecule has 2 N–H and O–H groups in total. The van der Waals surface area contributed by atoms with Crippen molar-refractivity contribution in [3.8, 4) is 11.5 Å². The molecule has 1 fully saturated rings. The zero-order valence-electron chi connectivity index (χ0n) is 17.2. The quantitative estimate of drug-likeness (QED) is 0.524. The average molecular weight is 465 g/mol. The average Bonchev–Trinajstić information content (AvgIpc) is 2.77. The molecule has 31 heavy (non-hydrogen) atoms. The molecule has 1 amide bonds. The fraction of sp³-hybridized carbons (Fsp3) is 0.409. The Morgan fingerprint density at radius 3 is 2.29 bits per heavy atom. The van der Waals surface area contributed by atoms with Crippen LogP contribution in [0, 0.1) is 0 Å². The number of thiol groups is 1. The number of hydrogen-bond donors (Lipinski definition) is 2. The van der Waals surface area contributed by atoms with E-state index in [0.717, 1.165) is 0 Å². The van der Waals surface area contributed by atoms with Gasteiger partial charge in [-0.3, -0.25) is 9.69 Å². The highest BCUT2D eigenvalue weighted by Crippen LogP contribution is 2.25. The number of nitrogens with two attached hydrogens (primary N) is 1. The predicted molar refractivity (Wildman–Crippen MR) is 122 cm³/mol. The molecule has 0 saturated carbocycles. The molecule has 0 spiro atoms. The van der Waals surface area contributed by atoms with E-state index >= 15 is 0 Å². The molecule has 1 heterocycles. The zero-order chi connectivity index (χ0) is 22.3. The van der Waals surface area contributed by atoms with Crippen molar-refractivity contribution < 1.29 is 22.7 Å². The summed E-state index contributed by atoms with van der Waals surface area (Å²) in [6.45, 7) is 2.49. The van der Waals surface area contributed by atoms with Crippen LogP contribution in [0.2, 0.25) is 0 Å². The van der Waals surface area contributed by atoms with Gasteiger partial charge in [-0.15, -0.1) is 0 Å². The van der Waals surface area contributed by atoms with Crippen LogP contribution in [0.15, 0.2) is 59.5 Å². The molecule has 7 nitrogen and oxygen atoms in total. The summed E-state index contributed by atoms with van der Waals surface area (Å²) in [6, 6.07) is 15.4. The number of para-hydroxylation sites is 1. The Bertz CT molecular complexity index is 946. The molecule has 2 aromatic carbocycles. The standard InChI is InChI=1S/C22H28N2O5S2/c23-22(25)16-20(24-11-13-28-14-12-24)21(30)10-15-31(26,27)19-8-6-18(7-9-19)29-17-4-2-1-3-5-17/h1-9,20-21,30H,10-16H2,(H2,23,25). The monoisotopic (exact) mass is 464 g/mol. The number of carbonyl (C=O) groups excluding carboxylic acids is 1.